The molecule has 122 valence electrons. The Kier molecular flexibility index (Phi) is 5.14. The van der Waals surface area contributed by atoms with Crippen LogP contribution in [0.3, 0.4) is 0 Å². The molecule has 1 fully saturated rings. The minimum Gasteiger partial charge on any atom is -0.489 e. The number of benzene rings is 1. The van der Waals surface area contributed by atoms with E-state index in [9.17, 15) is 0 Å². The normalized spacial score (nSPS) is 19.3. The van der Waals surface area contributed by atoms with Crippen molar-refractivity contribution in [3.63, 3.8) is 0 Å². The topological polar surface area (TPSA) is 30.5 Å². The monoisotopic (exact) mass is 323 g/mol. The number of nitrogens with one attached hydrogen (secondary N) is 1. The highest BCUT2D eigenvalue weighted by Gasteiger charge is 2.25. The minimum absolute atomic E-state index is 0.407. The molecular weight excluding hydrogens is 298 g/mol. The molecule has 1 aromatic rings. The fourth-order valence-electron chi connectivity index (χ4n) is 3.56. The summed E-state index contributed by atoms with van der Waals surface area (Å²) in [7, 11) is 0. The van der Waals surface area contributed by atoms with Gasteiger partial charge >= 0.3 is 0 Å². The number of fused-ring (bicyclic) bond motifs is 1. The first-order valence-corrected chi connectivity index (χ1v) is 8.86. The van der Waals surface area contributed by atoms with Gasteiger partial charge in [-0.3, -0.25) is 0 Å². The van der Waals surface area contributed by atoms with Crippen molar-refractivity contribution >= 4 is 11.6 Å². The first-order chi connectivity index (χ1) is 10.7. The summed E-state index contributed by atoms with van der Waals surface area (Å²) in [6.07, 6.45) is 4.48. The number of hydrogen-bond acceptors (Lipinski definition) is 3. The van der Waals surface area contributed by atoms with Crippen LogP contribution in [0.1, 0.15) is 50.2 Å². The van der Waals surface area contributed by atoms with Crippen molar-refractivity contribution in [1.29, 1.82) is 0 Å². The van der Waals surface area contributed by atoms with Crippen LogP contribution in [0, 0.1) is 5.92 Å². The van der Waals surface area contributed by atoms with E-state index in [2.05, 4.69) is 25.2 Å². The summed E-state index contributed by atoms with van der Waals surface area (Å²) in [6.45, 7) is 8.09. The molecule has 1 N–H and O–H groups in total. The van der Waals surface area contributed by atoms with Gasteiger partial charge in [0.1, 0.15) is 0 Å². The number of piperidine rings is 1. The Hall–Kier alpha value is -0.930. The second-order valence-corrected chi connectivity index (χ2v) is 7.10. The molecule has 3 nitrogen and oxygen atoms in total. The third-order valence-corrected chi connectivity index (χ3v) is 4.92. The average molecular weight is 324 g/mol. The third-order valence-electron chi connectivity index (χ3n) is 4.64. The van der Waals surface area contributed by atoms with Crippen molar-refractivity contribution in [3.05, 3.63) is 22.2 Å². The molecule has 2 aliphatic rings. The van der Waals surface area contributed by atoms with Crippen LogP contribution in [0.4, 0.5) is 0 Å². The lowest BCUT2D eigenvalue weighted by Crippen LogP contribution is -2.29. The molecule has 22 heavy (non-hydrogen) atoms. The Morgan fingerprint density at radius 2 is 1.86 bits per heavy atom. The van der Waals surface area contributed by atoms with Crippen molar-refractivity contribution in [2.75, 3.05) is 26.3 Å². The summed E-state index contributed by atoms with van der Waals surface area (Å²) in [5.74, 6) is 2.78. The van der Waals surface area contributed by atoms with Crippen LogP contribution in [0.5, 0.6) is 11.5 Å². The molecular formula is C18H26ClNO2. The first-order valence-electron chi connectivity index (χ1n) is 8.48. The Bertz CT molecular complexity index is 524. The Morgan fingerprint density at radius 3 is 2.55 bits per heavy atom. The molecule has 0 spiro atoms. The Balaban J connectivity index is 1.97. The second-order valence-electron chi connectivity index (χ2n) is 6.69. The number of ether oxygens (including phenoxy) is 2. The zero-order chi connectivity index (χ0) is 15.5. The van der Waals surface area contributed by atoms with Crippen LogP contribution in [0.25, 0.3) is 0 Å². The maximum Gasteiger partial charge on any atom is 0.180 e. The van der Waals surface area contributed by atoms with Crippen molar-refractivity contribution < 1.29 is 9.47 Å². The van der Waals surface area contributed by atoms with Gasteiger partial charge in [-0.05, 0) is 55.8 Å². The highest BCUT2D eigenvalue weighted by Crippen LogP contribution is 2.45. The van der Waals surface area contributed by atoms with Gasteiger partial charge in [0.2, 0.25) is 0 Å². The quantitative estimate of drug-likeness (QED) is 0.905. The summed E-state index contributed by atoms with van der Waals surface area (Å²) in [5, 5.41) is 4.14. The number of hydrogen-bond donors (Lipinski definition) is 1. The molecule has 0 aromatic heterocycles. The smallest absolute Gasteiger partial charge is 0.180 e. The largest absolute Gasteiger partial charge is 0.489 e. The first kappa shape index (κ1) is 15.9. The van der Waals surface area contributed by atoms with Crippen LogP contribution in [0.2, 0.25) is 5.02 Å². The van der Waals surface area contributed by atoms with E-state index in [0.717, 1.165) is 43.3 Å². The summed E-state index contributed by atoms with van der Waals surface area (Å²) in [6, 6.07) is 2.12. The van der Waals surface area contributed by atoms with Gasteiger partial charge in [-0.25, -0.2) is 0 Å². The molecule has 1 saturated heterocycles. The van der Waals surface area contributed by atoms with E-state index in [1.807, 2.05) is 0 Å². The fraction of sp³-hybridized carbons (Fsp3) is 0.667. The van der Waals surface area contributed by atoms with Crippen LogP contribution in [0.15, 0.2) is 6.07 Å². The van der Waals surface area contributed by atoms with E-state index in [1.54, 1.807) is 0 Å². The third kappa shape index (κ3) is 3.36. The summed E-state index contributed by atoms with van der Waals surface area (Å²) in [5.41, 5.74) is 2.64. The van der Waals surface area contributed by atoms with Crippen molar-refractivity contribution in [3.8, 4) is 11.5 Å². The molecule has 2 heterocycles. The molecule has 0 saturated carbocycles. The van der Waals surface area contributed by atoms with E-state index in [0.29, 0.717) is 24.2 Å². The Morgan fingerprint density at radius 1 is 1.18 bits per heavy atom. The molecule has 0 amide bonds. The fourth-order valence-corrected chi connectivity index (χ4v) is 3.83. The summed E-state index contributed by atoms with van der Waals surface area (Å²) >= 11 is 6.50. The molecule has 0 bridgehead atoms. The maximum atomic E-state index is 6.50. The van der Waals surface area contributed by atoms with Gasteiger partial charge in [0.15, 0.2) is 11.5 Å². The molecule has 4 heteroatoms. The van der Waals surface area contributed by atoms with Crippen LogP contribution >= 0.6 is 11.6 Å². The van der Waals surface area contributed by atoms with Gasteiger partial charge in [-0.1, -0.05) is 25.4 Å². The van der Waals surface area contributed by atoms with Crippen LogP contribution in [-0.2, 0) is 6.42 Å². The van der Waals surface area contributed by atoms with Gasteiger partial charge in [-0.15, -0.1) is 0 Å². The van der Waals surface area contributed by atoms with Crippen molar-refractivity contribution in [1.82, 2.24) is 5.32 Å². The van der Waals surface area contributed by atoms with E-state index in [-0.39, 0.29) is 0 Å². The molecule has 0 unspecified atom stereocenters. The summed E-state index contributed by atoms with van der Waals surface area (Å²) < 4.78 is 11.9. The van der Waals surface area contributed by atoms with Gasteiger partial charge < -0.3 is 14.8 Å². The van der Waals surface area contributed by atoms with Gasteiger partial charge in [0, 0.05) is 12.0 Å². The van der Waals surface area contributed by atoms with Crippen molar-refractivity contribution in [2.45, 2.75) is 45.4 Å². The SMILES string of the molecule is CC(C)c1c(CC2CCNCC2)cc(Cl)c2c1OCCCO2. The van der Waals surface area contributed by atoms with E-state index in [4.69, 9.17) is 21.1 Å². The standard InChI is InChI=1S/C18H26ClNO2/c1-12(2)16-14(10-13-4-6-20-7-5-13)11-15(19)17-18(16)22-9-3-8-21-17/h11-13,20H,3-10H2,1-2H3. The molecule has 0 aliphatic carbocycles. The lowest BCUT2D eigenvalue weighted by Gasteiger charge is -2.26. The predicted octanol–water partition coefficient (Wildman–Crippen LogP) is 4.17. The van der Waals surface area contributed by atoms with Gasteiger partial charge in [-0.2, -0.15) is 0 Å². The van der Waals surface area contributed by atoms with E-state index in [1.165, 1.54) is 24.0 Å². The zero-order valence-electron chi connectivity index (χ0n) is 13.6. The van der Waals surface area contributed by atoms with E-state index < -0.39 is 0 Å². The van der Waals surface area contributed by atoms with Crippen LogP contribution < -0.4 is 14.8 Å². The number of rotatable bonds is 3. The molecule has 0 radical (unpaired) electrons. The number of halogens is 1. The Labute approximate surface area is 138 Å². The predicted molar refractivity (Wildman–Crippen MR) is 90.4 cm³/mol. The second kappa shape index (κ2) is 7.10. The lowest BCUT2D eigenvalue weighted by molar-refractivity contribution is 0.295. The van der Waals surface area contributed by atoms with E-state index >= 15 is 0 Å². The molecule has 2 aliphatic heterocycles. The molecule has 0 atom stereocenters. The van der Waals surface area contributed by atoms with Gasteiger partial charge in [0.05, 0.1) is 18.2 Å². The zero-order valence-corrected chi connectivity index (χ0v) is 14.3. The highest BCUT2D eigenvalue weighted by atomic mass is 35.5. The van der Waals surface area contributed by atoms with Crippen LogP contribution in [-0.4, -0.2) is 26.3 Å². The molecule has 1 aromatic carbocycles. The van der Waals surface area contributed by atoms with Crippen molar-refractivity contribution in [2.24, 2.45) is 5.92 Å². The average Bonchev–Trinajstić information content (AvgIpc) is 2.74. The lowest BCUT2D eigenvalue weighted by atomic mass is 9.86. The maximum absolute atomic E-state index is 6.50. The van der Waals surface area contributed by atoms with Gasteiger partial charge in [0.25, 0.3) is 0 Å². The molecule has 3 rings (SSSR count). The minimum atomic E-state index is 0.407. The highest BCUT2D eigenvalue weighted by molar-refractivity contribution is 6.32. The summed E-state index contributed by atoms with van der Waals surface area (Å²) in [4.78, 5) is 0.